The molecule has 0 radical (unpaired) electrons. The van der Waals surface area contributed by atoms with Crippen LogP contribution in [0.25, 0.3) is 0 Å². The standard InChI is InChI=1S/C13H19NO3S.C2H6/c1-11-5-4-6-12(9-11)14-18(15,16)10-13-7-2-3-8-17-13;1-2/h4-6,9,13-14H,2-3,7-8,10H2,1H3;1-2H3. The van der Waals surface area contributed by atoms with Gasteiger partial charge in [0, 0.05) is 12.3 Å². The number of aryl methyl sites for hydroxylation is 1. The summed E-state index contributed by atoms with van der Waals surface area (Å²) < 4.78 is 32.0. The Balaban J connectivity index is 0.000000956. The van der Waals surface area contributed by atoms with Crippen LogP contribution < -0.4 is 4.72 Å². The lowest BCUT2D eigenvalue weighted by Gasteiger charge is -2.22. The molecule has 0 bridgehead atoms. The van der Waals surface area contributed by atoms with Gasteiger partial charge in [-0.2, -0.15) is 0 Å². The molecule has 2 rings (SSSR count). The number of ether oxygens (including phenoxy) is 1. The minimum atomic E-state index is -3.33. The number of benzene rings is 1. The first-order valence-corrected chi connectivity index (χ1v) is 8.89. The highest BCUT2D eigenvalue weighted by atomic mass is 32.2. The van der Waals surface area contributed by atoms with E-state index in [1.54, 1.807) is 6.07 Å². The smallest absolute Gasteiger partial charge is 0.235 e. The maximum atomic E-state index is 12.0. The lowest BCUT2D eigenvalue weighted by atomic mass is 10.1. The van der Waals surface area contributed by atoms with Crippen molar-refractivity contribution >= 4 is 15.7 Å². The van der Waals surface area contributed by atoms with E-state index in [1.807, 2.05) is 39.0 Å². The van der Waals surface area contributed by atoms with Crippen molar-refractivity contribution in [1.82, 2.24) is 0 Å². The minimum Gasteiger partial charge on any atom is -0.377 e. The zero-order valence-corrected chi connectivity index (χ0v) is 13.4. The Morgan fingerprint density at radius 2 is 2.05 bits per heavy atom. The second kappa shape index (κ2) is 8.27. The van der Waals surface area contributed by atoms with E-state index in [9.17, 15) is 8.42 Å². The van der Waals surface area contributed by atoms with Crippen LogP contribution in [0.2, 0.25) is 0 Å². The fourth-order valence-electron chi connectivity index (χ4n) is 2.11. The van der Waals surface area contributed by atoms with Crippen LogP contribution in [-0.2, 0) is 14.8 Å². The zero-order chi connectivity index (χ0) is 15.0. The quantitative estimate of drug-likeness (QED) is 0.927. The summed E-state index contributed by atoms with van der Waals surface area (Å²) >= 11 is 0. The molecule has 1 fully saturated rings. The van der Waals surface area contributed by atoms with E-state index in [4.69, 9.17) is 4.74 Å². The minimum absolute atomic E-state index is 0.0426. The van der Waals surface area contributed by atoms with Gasteiger partial charge in [-0.3, -0.25) is 4.72 Å². The molecule has 1 N–H and O–H groups in total. The molecule has 0 spiro atoms. The molecule has 1 aliphatic rings. The number of hydrogen-bond acceptors (Lipinski definition) is 3. The van der Waals surface area contributed by atoms with Gasteiger partial charge in [0.2, 0.25) is 10.0 Å². The Hall–Kier alpha value is -1.07. The topological polar surface area (TPSA) is 55.4 Å². The molecule has 1 saturated heterocycles. The van der Waals surface area contributed by atoms with Crippen molar-refractivity contribution in [3.63, 3.8) is 0 Å². The Morgan fingerprint density at radius 3 is 2.65 bits per heavy atom. The number of nitrogens with one attached hydrogen (secondary N) is 1. The average molecular weight is 299 g/mol. The Kier molecular flexibility index (Phi) is 7.02. The first-order valence-electron chi connectivity index (χ1n) is 7.24. The van der Waals surface area contributed by atoms with Crippen molar-refractivity contribution < 1.29 is 13.2 Å². The fourth-order valence-corrected chi connectivity index (χ4v) is 3.44. The van der Waals surface area contributed by atoms with E-state index in [-0.39, 0.29) is 11.9 Å². The maximum absolute atomic E-state index is 12.0. The number of anilines is 1. The van der Waals surface area contributed by atoms with Crippen molar-refractivity contribution in [2.24, 2.45) is 0 Å². The SMILES string of the molecule is CC.Cc1cccc(NS(=O)(=O)CC2CCCCO2)c1. The van der Waals surface area contributed by atoms with Crippen LogP contribution in [0.15, 0.2) is 24.3 Å². The molecule has 1 aromatic carbocycles. The number of sulfonamides is 1. The van der Waals surface area contributed by atoms with Gasteiger partial charge in [-0.15, -0.1) is 0 Å². The highest BCUT2D eigenvalue weighted by Crippen LogP contribution is 2.17. The highest BCUT2D eigenvalue weighted by molar-refractivity contribution is 7.92. The van der Waals surface area contributed by atoms with E-state index in [0.717, 1.165) is 24.8 Å². The summed E-state index contributed by atoms with van der Waals surface area (Å²) in [7, 11) is -3.33. The van der Waals surface area contributed by atoms with Crippen LogP contribution >= 0.6 is 0 Å². The van der Waals surface area contributed by atoms with E-state index in [2.05, 4.69) is 4.72 Å². The Bertz CT molecular complexity index is 494. The van der Waals surface area contributed by atoms with Gasteiger partial charge in [0.15, 0.2) is 0 Å². The number of rotatable bonds is 4. The lowest BCUT2D eigenvalue weighted by molar-refractivity contribution is 0.0306. The fraction of sp³-hybridized carbons (Fsp3) is 0.600. The summed E-state index contributed by atoms with van der Waals surface area (Å²) in [6.45, 7) is 6.60. The largest absolute Gasteiger partial charge is 0.377 e. The molecule has 4 nitrogen and oxygen atoms in total. The van der Waals surface area contributed by atoms with E-state index >= 15 is 0 Å². The second-order valence-corrected chi connectivity index (χ2v) is 6.51. The maximum Gasteiger partial charge on any atom is 0.235 e. The summed E-state index contributed by atoms with van der Waals surface area (Å²) in [5.41, 5.74) is 1.65. The molecule has 1 unspecified atom stereocenters. The van der Waals surface area contributed by atoms with Crippen LogP contribution in [-0.4, -0.2) is 26.9 Å². The van der Waals surface area contributed by atoms with Gasteiger partial charge in [-0.05, 0) is 43.9 Å². The summed E-state index contributed by atoms with van der Waals surface area (Å²) in [6.07, 6.45) is 2.74. The number of hydrogen-bond donors (Lipinski definition) is 1. The van der Waals surface area contributed by atoms with Gasteiger partial charge in [-0.25, -0.2) is 8.42 Å². The molecule has 0 saturated carbocycles. The van der Waals surface area contributed by atoms with E-state index < -0.39 is 10.0 Å². The molecule has 20 heavy (non-hydrogen) atoms. The monoisotopic (exact) mass is 299 g/mol. The molecule has 0 amide bonds. The van der Waals surface area contributed by atoms with Crippen molar-refractivity contribution in [3.05, 3.63) is 29.8 Å². The van der Waals surface area contributed by atoms with Crippen LogP contribution in [0.1, 0.15) is 38.7 Å². The third-order valence-electron chi connectivity index (χ3n) is 2.97. The van der Waals surface area contributed by atoms with E-state index in [1.165, 1.54) is 0 Å². The summed E-state index contributed by atoms with van der Waals surface area (Å²) in [5, 5.41) is 0. The van der Waals surface area contributed by atoms with Crippen molar-refractivity contribution in [2.45, 2.75) is 46.1 Å². The third-order valence-corrected chi connectivity index (χ3v) is 4.33. The normalized spacial score (nSPS) is 18.9. The summed E-state index contributed by atoms with van der Waals surface area (Å²) in [6, 6.07) is 7.35. The van der Waals surface area contributed by atoms with Gasteiger partial charge in [0.1, 0.15) is 0 Å². The molecule has 1 atom stereocenters. The molecular weight excluding hydrogens is 274 g/mol. The molecule has 5 heteroatoms. The molecular formula is C15H25NO3S. The third kappa shape index (κ3) is 5.92. The van der Waals surface area contributed by atoms with Crippen molar-refractivity contribution in [1.29, 1.82) is 0 Å². The van der Waals surface area contributed by atoms with Crippen LogP contribution in [0.4, 0.5) is 5.69 Å². The zero-order valence-electron chi connectivity index (χ0n) is 12.6. The first kappa shape index (κ1) is 17.0. The highest BCUT2D eigenvalue weighted by Gasteiger charge is 2.21. The molecule has 114 valence electrons. The van der Waals surface area contributed by atoms with E-state index in [0.29, 0.717) is 12.3 Å². The average Bonchev–Trinajstić information content (AvgIpc) is 2.41. The van der Waals surface area contributed by atoms with Gasteiger partial charge in [-0.1, -0.05) is 26.0 Å². The lowest BCUT2D eigenvalue weighted by Crippen LogP contribution is -2.30. The first-order chi connectivity index (χ1) is 9.55. The van der Waals surface area contributed by atoms with Gasteiger partial charge < -0.3 is 4.74 Å². The van der Waals surface area contributed by atoms with Crippen LogP contribution in [0.5, 0.6) is 0 Å². The van der Waals surface area contributed by atoms with Gasteiger partial charge in [0.05, 0.1) is 11.9 Å². The predicted octanol–water partition coefficient (Wildman–Crippen LogP) is 3.33. The van der Waals surface area contributed by atoms with Gasteiger partial charge >= 0.3 is 0 Å². The van der Waals surface area contributed by atoms with Crippen molar-refractivity contribution in [3.8, 4) is 0 Å². The van der Waals surface area contributed by atoms with Gasteiger partial charge in [0.25, 0.3) is 0 Å². The molecule has 1 heterocycles. The van der Waals surface area contributed by atoms with Crippen molar-refractivity contribution in [2.75, 3.05) is 17.1 Å². The van der Waals surface area contributed by atoms with Crippen LogP contribution in [0.3, 0.4) is 0 Å². The molecule has 1 aliphatic heterocycles. The molecule has 0 aromatic heterocycles. The second-order valence-electron chi connectivity index (χ2n) is 4.74. The summed E-state index contributed by atoms with van der Waals surface area (Å²) in [5.74, 6) is 0.0426. The predicted molar refractivity (Wildman–Crippen MR) is 83.5 cm³/mol. The Morgan fingerprint density at radius 1 is 1.30 bits per heavy atom. The van der Waals surface area contributed by atoms with Crippen LogP contribution in [0, 0.1) is 6.92 Å². The molecule has 1 aromatic rings. The summed E-state index contributed by atoms with van der Waals surface area (Å²) in [4.78, 5) is 0. The Labute approximate surface area is 122 Å². The molecule has 0 aliphatic carbocycles.